The number of rotatable bonds is 5. The second-order valence-corrected chi connectivity index (χ2v) is 5.53. The van der Waals surface area contributed by atoms with Gasteiger partial charge in [-0.1, -0.05) is 0 Å². The van der Waals surface area contributed by atoms with Crippen molar-refractivity contribution >= 4 is 11.8 Å². The summed E-state index contributed by atoms with van der Waals surface area (Å²) in [4.78, 5) is 44.1. The number of amides is 2. The Hall–Kier alpha value is -2.09. The molecule has 0 spiro atoms. The van der Waals surface area contributed by atoms with Crippen molar-refractivity contribution in [1.82, 2.24) is 25.1 Å². The normalized spacial score (nSPS) is 21.8. The van der Waals surface area contributed by atoms with Gasteiger partial charge in [0.25, 0.3) is 5.91 Å². The monoisotopic (exact) mass is 309 g/mol. The van der Waals surface area contributed by atoms with Gasteiger partial charge in [-0.25, -0.2) is 4.79 Å². The van der Waals surface area contributed by atoms with Crippen molar-refractivity contribution < 1.29 is 9.59 Å². The minimum absolute atomic E-state index is 0.0966. The van der Waals surface area contributed by atoms with Crippen molar-refractivity contribution in [3.8, 4) is 0 Å². The molecule has 0 saturated carbocycles. The van der Waals surface area contributed by atoms with Crippen LogP contribution in [0.15, 0.2) is 11.0 Å². The van der Waals surface area contributed by atoms with Crippen LogP contribution in [-0.4, -0.2) is 70.3 Å². The summed E-state index contributed by atoms with van der Waals surface area (Å²) in [6.07, 6.45) is 1.92. The molecule has 0 aliphatic carbocycles. The fraction of sp³-hybridized carbons (Fsp3) is 0.643. The molecule has 8 heteroatoms. The maximum Gasteiger partial charge on any atom is 0.323 e. The maximum atomic E-state index is 12.4. The summed E-state index contributed by atoms with van der Waals surface area (Å²) in [5.74, 6) is -0.244. The third-order valence-corrected chi connectivity index (χ3v) is 4.08. The highest BCUT2D eigenvalue weighted by Crippen LogP contribution is 2.18. The molecule has 0 bridgehead atoms. The predicted molar refractivity (Wildman–Crippen MR) is 81.6 cm³/mol. The Morgan fingerprint density at radius 3 is 2.64 bits per heavy atom. The molecule has 0 aromatic carbocycles. The average molecular weight is 309 g/mol. The smallest absolute Gasteiger partial charge is 0.323 e. The molecule has 1 saturated heterocycles. The summed E-state index contributed by atoms with van der Waals surface area (Å²) in [5, 5.41) is 2.86. The SMILES string of the molecule is CCN(CC)C(=O)[C@@H]1C[C@H](NC(=O)c2c[nH]c(=O)[nH]2)CN1C. The molecule has 1 aromatic heterocycles. The second-order valence-electron chi connectivity index (χ2n) is 5.53. The van der Waals surface area contributed by atoms with Gasteiger partial charge in [0.15, 0.2) is 0 Å². The highest BCUT2D eigenvalue weighted by atomic mass is 16.2. The van der Waals surface area contributed by atoms with Gasteiger partial charge in [0.1, 0.15) is 5.69 Å². The summed E-state index contributed by atoms with van der Waals surface area (Å²) in [6.45, 7) is 5.89. The Bertz CT molecular complexity index is 589. The van der Waals surface area contributed by atoms with Crippen LogP contribution in [0, 0.1) is 0 Å². The predicted octanol–water partition coefficient (Wildman–Crippen LogP) is -0.626. The molecular formula is C14H23N5O3. The van der Waals surface area contributed by atoms with E-state index in [1.165, 1.54) is 6.20 Å². The van der Waals surface area contributed by atoms with E-state index >= 15 is 0 Å². The molecule has 1 fully saturated rings. The molecule has 0 radical (unpaired) electrons. The highest BCUT2D eigenvalue weighted by molar-refractivity contribution is 5.92. The summed E-state index contributed by atoms with van der Waals surface area (Å²) in [5.41, 5.74) is -0.213. The summed E-state index contributed by atoms with van der Waals surface area (Å²) in [7, 11) is 1.89. The molecule has 1 aromatic rings. The van der Waals surface area contributed by atoms with Gasteiger partial charge in [-0.05, 0) is 27.3 Å². The first kappa shape index (κ1) is 16.3. The van der Waals surface area contributed by atoms with Crippen LogP contribution in [0.3, 0.4) is 0 Å². The van der Waals surface area contributed by atoms with Crippen molar-refractivity contribution in [1.29, 1.82) is 0 Å². The number of likely N-dealkylation sites (N-methyl/N-ethyl adjacent to an activating group) is 2. The van der Waals surface area contributed by atoms with Crippen molar-refractivity contribution in [2.75, 3.05) is 26.7 Å². The van der Waals surface area contributed by atoms with Crippen LogP contribution in [0.1, 0.15) is 30.8 Å². The van der Waals surface area contributed by atoms with E-state index in [-0.39, 0.29) is 29.6 Å². The van der Waals surface area contributed by atoms with Gasteiger partial charge >= 0.3 is 5.69 Å². The van der Waals surface area contributed by atoms with Gasteiger partial charge in [0, 0.05) is 31.9 Å². The quantitative estimate of drug-likeness (QED) is 0.674. The second kappa shape index (κ2) is 6.78. The van der Waals surface area contributed by atoms with Crippen LogP contribution in [0.4, 0.5) is 0 Å². The Morgan fingerprint density at radius 1 is 1.41 bits per heavy atom. The molecule has 122 valence electrons. The molecule has 2 rings (SSSR count). The number of imidazole rings is 1. The van der Waals surface area contributed by atoms with Crippen LogP contribution in [0.25, 0.3) is 0 Å². The lowest BCUT2D eigenvalue weighted by Crippen LogP contribution is -2.44. The van der Waals surface area contributed by atoms with Crippen LogP contribution in [0.5, 0.6) is 0 Å². The first-order chi connectivity index (χ1) is 10.5. The summed E-state index contributed by atoms with van der Waals surface area (Å²) in [6, 6.07) is -0.323. The topological polar surface area (TPSA) is 101 Å². The number of H-pyrrole nitrogens is 2. The number of aromatic nitrogens is 2. The largest absolute Gasteiger partial charge is 0.347 e. The fourth-order valence-corrected chi connectivity index (χ4v) is 2.86. The molecule has 3 N–H and O–H groups in total. The first-order valence-electron chi connectivity index (χ1n) is 7.53. The van der Waals surface area contributed by atoms with Crippen molar-refractivity contribution in [3.63, 3.8) is 0 Å². The van der Waals surface area contributed by atoms with E-state index in [2.05, 4.69) is 15.3 Å². The van der Waals surface area contributed by atoms with Gasteiger partial charge in [-0.3, -0.25) is 14.5 Å². The van der Waals surface area contributed by atoms with Gasteiger partial charge in [-0.2, -0.15) is 0 Å². The number of nitrogens with one attached hydrogen (secondary N) is 3. The fourth-order valence-electron chi connectivity index (χ4n) is 2.86. The van der Waals surface area contributed by atoms with E-state index in [4.69, 9.17) is 0 Å². The summed E-state index contributed by atoms with van der Waals surface area (Å²) >= 11 is 0. The molecule has 2 heterocycles. The first-order valence-corrected chi connectivity index (χ1v) is 7.53. The minimum Gasteiger partial charge on any atom is -0.347 e. The van der Waals surface area contributed by atoms with E-state index < -0.39 is 5.69 Å². The average Bonchev–Trinajstić information content (AvgIpc) is 3.06. The van der Waals surface area contributed by atoms with Crippen LogP contribution >= 0.6 is 0 Å². The standard InChI is InChI=1S/C14H23N5O3/c1-4-19(5-2)13(21)11-6-9(8-18(11)3)16-12(20)10-7-15-14(22)17-10/h7,9,11H,4-6,8H2,1-3H3,(H,16,20)(H2,15,17,22)/t9-,11-/m0/s1. The Balaban J connectivity index is 1.97. The molecular weight excluding hydrogens is 286 g/mol. The van der Waals surface area contributed by atoms with Crippen LogP contribution in [0.2, 0.25) is 0 Å². The van der Waals surface area contributed by atoms with Crippen molar-refractivity contribution in [2.24, 2.45) is 0 Å². The van der Waals surface area contributed by atoms with Gasteiger partial charge in [0.05, 0.1) is 6.04 Å². The zero-order valence-corrected chi connectivity index (χ0v) is 13.2. The summed E-state index contributed by atoms with van der Waals surface area (Å²) < 4.78 is 0. The zero-order valence-electron chi connectivity index (χ0n) is 13.2. The van der Waals surface area contributed by atoms with Gasteiger partial charge in [0.2, 0.25) is 5.91 Å². The third-order valence-electron chi connectivity index (χ3n) is 4.08. The van der Waals surface area contributed by atoms with E-state index in [0.717, 1.165) is 0 Å². The molecule has 8 nitrogen and oxygen atoms in total. The molecule has 2 amide bonds. The van der Waals surface area contributed by atoms with E-state index in [0.29, 0.717) is 26.1 Å². The number of aromatic amines is 2. The zero-order chi connectivity index (χ0) is 16.3. The lowest BCUT2D eigenvalue weighted by atomic mass is 10.1. The van der Waals surface area contributed by atoms with Crippen LogP contribution in [-0.2, 0) is 4.79 Å². The number of carbonyl (C=O) groups excluding carboxylic acids is 2. The van der Waals surface area contributed by atoms with Crippen LogP contribution < -0.4 is 11.0 Å². The lowest BCUT2D eigenvalue weighted by molar-refractivity contribution is -0.135. The molecule has 1 aliphatic rings. The van der Waals surface area contributed by atoms with Crippen molar-refractivity contribution in [3.05, 3.63) is 22.4 Å². The molecule has 1 aliphatic heterocycles. The van der Waals surface area contributed by atoms with Gasteiger partial charge in [-0.15, -0.1) is 0 Å². The molecule has 2 atom stereocenters. The number of hydrogen-bond donors (Lipinski definition) is 3. The molecule has 0 unspecified atom stereocenters. The van der Waals surface area contributed by atoms with Crippen molar-refractivity contribution in [2.45, 2.75) is 32.4 Å². The maximum absolute atomic E-state index is 12.4. The van der Waals surface area contributed by atoms with E-state index in [1.54, 1.807) is 4.90 Å². The highest BCUT2D eigenvalue weighted by Gasteiger charge is 2.36. The lowest BCUT2D eigenvalue weighted by Gasteiger charge is -2.26. The third kappa shape index (κ3) is 3.38. The molecule has 22 heavy (non-hydrogen) atoms. The Labute approximate surface area is 128 Å². The van der Waals surface area contributed by atoms with E-state index in [9.17, 15) is 14.4 Å². The number of likely N-dealkylation sites (tertiary alicyclic amines) is 1. The Morgan fingerprint density at radius 2 is 2.09 bits per heavy atom. The Kier molecular flexibility index (Phi) is 5.02. The minimum atomic E-state index is -0.414. The van der Waals surface area contributed by atoms with Gasteiger partial charge < -0.3 is 20.2 Å². The number of nitrogens with zero attached hydrogens (tertiary/aromatic N) is 2. The number of hydrogen-bond acceptors (Lipinski definition) is 4. The van der Waals surface area contributed by atoms with E-state index in [1.807, 2.05) is 25.8 Å². The number of carbonyl (C=O) groups is 2.